The van der Waals surface area contributed by atoms with Gasteiger partial charge in [-0.25, -0.2) is 4.83 Å². The van der Waals surface area contributed by atoms with Gasteiger partial charge in [-0.05, 0) is 48.4 Å². The van der Waals surface area contributed by atoms with E-state index in [1.807, 2.05) is 12.1 Å². The van der Waals surface area contributed by atoms with Crippen molar-refractivity contribution in [1.82, 2.24) is 4.83 Å². The van der Waals surface area contributed by atoms with Crippen LogP contribution in [0.25, 0.3) is 0 Å². The number of nitrogens with one attached hydrogen (secondary N) is 2. The van der Waals surface area contributed by atoms with Crippen LogP contribution in [0.4, 0.5) is 5.69 Å². The molecule has 144 valence electrons. The lowest BCUT2D eigenvalue weighted by Crippen LogP contribution is -2.18. The first-order valence-electron chi connectivity index (χ1n) is 8.56. The molecule has 0 fully saturated rings. The standard InChI is InChI=1S/C19H23N3O4S/c1-3-4-12-26-18-7-5-6-16(13-18)14-20-22-27(24,25)19-10-8-17(9-11-19)21-15(2)23/h5-11,13-14,22H,3-4,12H2,1-2H3,(H,21,23)/b20-14-. The lowest BCUT2D eigenvalue weighted by Gasteiger charge is -2.06. The van der Waals surface area contributed by atoms with Crippen LogP contribution < -0.4 is 14.9 Å². The number of amides is 1. The van der Waals surface area contributed by atoms with Gasteiger partial charge in [0.2, 0.25) is 5.91 Å². The van der Waals surface area contributed by atoms with Crippen molar-refractivity contribution in [2.75, 3.05) is 11.9 Å². The highest BCUT2D eigenvalue weighted by molar-refractivity contribution is 7.89. The Hall–Kier alpha value is -2.87. The van der Waals surface area contributed by atoms with Crippen molar-refractivity contribution in [3.05, 3.63) is 54.1 Å². The number of unbranched alkanes of at least 4 members (excludes halogenated alkanes) is 1. The smallest absolute Gasteiger partial charge is 0.276 e. The van der Waals surface area contributed by atoms with Crippen LogP contribution in [-0.2, 0) is 14.8 Å². The second-order valence-electron chi connectivity index (χ2n) is 5.83. The average Bonchev–Trinajstić information content (AvgIpc) is 2.62. The summed E-state index contributed by atoms with van der Waals surface area (Å²) in [6.45, 7) is 4.11. The Balaban J connectivity index is 2.00. The number of hydrogen-bond donors (Lipinski definition) is 2. The minimum absolute atomic E-state index is 0.0467. The Morgan fingerprint density at radius 1 is 1.19 bits per heavy atom. The van der Waals surface area contributed by atoms with Gasteiger partial charge in [0, 0.05) is 12.6 Å². The van der Waals surface area contributed by atoms with E-state index in [0.29, 0.717) is 23.6 Å². The average molecular weight is 389 g/mol. The summed E-state index contributed by atoms with van der Waals surface area (Å²) in [6, 6.07) is 13.1. The number of hydrogen-bond acceptors (Lipinski definition) is 5. The number of anilines is 1. The fraction of sp³-hybridized carbons (Fsp3) is 0.263. The molecule has 0 heterocycles. The van der Waals surface area contributed by atoms with Crippen molar-refractivity contribution in [1.29, 1.82) is 0 Å². The molecule has 0 saturated heterocycles. The summed E-state index contributed by atoms with van der Waals surface area (Å²) in [6.07, 6.45) is 3.43. The highest BCUT2D eigenvalue weighted by Gasteiger charge is 2.12. The van der Waals surface area contributed by atoms with Gasteiger partial charge in [-0.1, -0.05) is 25.5 Å². The Kier molecular flexibility index (Phi) is 7.36. The van der Waals surface area contributed by atoms with Gasteiger partial charge in [0.1, 0.15) is 5.75 Å². The van der Waals surface area contributed by atoms with E-state index in [1.165, 1.54) is 37.4 Å². The zero-order chi connectivity index (χ0) is 19.7. The van der Waals surface area contributed by atoms with Crippen molar-refractivity contribution in [3.63, 3.8) is 0 Å². The summed E-state index contributed by atoms with van der Waals surface area (Å²) in [5.41, 5.74) is 1.23. The number of nitrogens with zero attached hydrogens (tertiary/aromatic N) is 1. The predicted molar refractivity (Wildman–Crippen MR) is 106 cm³/mol. The van der Waals surface area contributed by atoms with E-state index < -0.39 is 10.0 Å². The fourth-order valence-corrected chi connectivity index (χ4v) is 2.95. The molecule has 7 nitrogen and oxygen atoms in total. The molecule has 2 rings (SSSR count). The van der Waals surface area contributed by atoms with Crippen molar-refractivity contribution in [2.24, 2.45) is 5.10 Å². The van der Waals surface area contributed by atoms with Gasteiger partial charge in [0.15, 0.2) is 0 Å². The number of hydrazone groups is 1. The minimum Gasteiger partial charge on any atom is -0.494 e. The van der Waals surface area contributed by atoms with Crippen LogP contribution in [0.1, 0.15) is 32.3 Å². The van der Waals surface area contributed by atoms with E-state index >= 15 is 0 Å². The second-order valence-corrected chi connectivity index (χ2v) is 7.49. The summed E-state index contributed by atoms with van der Waals surface area (Å²) < 4.78 is 30.1. The van der Waals surface area contributed by atoms with Crippen LogP contribution in [0.15, 0.2) is 58.5 Å². The number of ether oxygens (including phenoxy) is 1. The first-order chi connectivity index (χ1) is 12.9. The van der Waals surface area contributed by atoms with Crippen LogP contribution in [-0.4, -0.2) is 27.1 Å². The molecule has 0 unspecified atom stereocenters. The van der Waals surface area contributed by atoms with Gasteiger partial charge < -0.3 is 10.1 Å². The third-order valence-electron chi connectivity index (χ3n) is 3.50. The van der Waals surface area contributed by atoms with Crippen molar-refractivity contribution in [3.8, 4) is 5.75 Å². The quantitative estimate of drug-likeness (QED) is 0.391. The molecular weight excluding hydrogens is 366 g/mol. The maximum Gasteiger partial charge on any atom is 0.276 e. The summed E-state index contributed by atoms with van der Waals surface area (Å²) >= 11 is 0. The van der Waals surface area contributed by atoms with Crippen LogP contribution in [0.2, 0.25) is 0 Å². The van der Waals surface area contributed by atoms with Gasteiger partial charge in [-0.3, -0.25) is 4.79 Å². The molecule has 0 aromatic heterocycles. The molecular formula is C19H23N3O4S. The molecule has 8 heteroatoms. The molecule has 0 saturated carbocycles. The van der Waals surface area contributed by atoms with Gasteiger partial charge >= 0.3 is 0 Å². The zero-order valence-electron chi connectivity index (χ0n) is 15.3. The van der Waals surface area contributed by atoms with E-state index in [4.69, 9.17) is 4.74 Å². The molecule has 2 aromatic carbocycles. The largest absolute Gasteiger partial charge is 0.494 e. The third-order valence-corrected chi connectivity index (χ3v) is 4.73. The van der Waals surface area contributed by atoms with Gasteiger partial charge in [0.25, 0.3) is 10.0 Å². The Morgan fingerprint density at radius 2 is 1.93 bits per heavy atom. The minimum atomic E-state index is -3.80. The van der Waals surface area contributed by atoms with Crippen LogP contribution >= 0.6 is 0 Å². The Bertz CT molecular complexity index is 893. The highest BCUT2D eigenvalue weighted by atomic mass is 32.2. The highest BCUT2D eigenvalue weighted by Crippen LogP contribution is 2.15. The topological polar surface area (TPSA) is 96.9 Å². The van der Waals surface area contributed by atoms with E-state index in [9.17, 15) is 13.2 Å². The molecule has 0 bridgehead atoms. The van der Waals surface area contributed by atoms with Crippen molar-refractivity contribution >= 4 is 27.8 Å². The fourth-order valence-electron chi connectivity index (χ4n) is 2.16. The first-order valence-corrected chi connectivity index (χ1v) is 10.0. The maximum atomic E-state index is 12.3. The molecule has 0 spiro atoms. The van der Waals surface area contributed by atoms with Crippen molar-refractivity contribution < 1.29 is 17.9 Å². The summed E-state index contributed by atoms with van der Waals surface area (Å²) in [4.78, 5) is 13.2. The van der Waals surface area contributed by atoms with E-state index in [1.54, 1.807) is 12.1 Å². The summed E-state index contributed by atoms with van der Waals surface area (Å²) in [7, 11) is -3.80. The van der Waals surface area contributed by atoms with Gasteiger partial charge in [-0.2, -0.15) is 13.5 Å². The van der Waals surface area contributed by atoms with E-state index in [0.717, 1.165) is 12.8 Å². The van der Waals surface area contributed by atoms with Gasteiger partial charge in [-0.15, -0.1) is 0 Å². The normalized spacial score (nSPS) is 11.3. The Labute approximate surface area is 159 Å². The number of rotatable bonds is 9. The number of benzene rings is 2. The van der Waals surface area contributed by atoms with Gasteiger partial charge in [0.05, 0.1) is 17.7 Å². The molecule has 0 aliphatic rings. The Morgan fingerprint density at radius 3 is 2.59 bits per heavy atom. The molecule has 1 amide bonds. The van der Waals surface area contributed by atoms with Crippen molar-refractivity contribution in [2.45, 2.75) is 31.6 Å². The second kappa shape index (κ2) is 9.72. The SMILES string of the molecule is CCCCOc1cccc(/C=N\NS(=O)(=O)c2ccc(NC(C)=O)cc2)c1. The van der Waals surface area contributed by atoms with Crippen LogP contribution in [0.5, 0.6) is 5.75 Å². The molecule has 2 N–H and O–H groups in total. The summed E-state index contributed by atoms with van der Waals surface area (Å²) in [5.74, 6) is 0.484. The summed E-state index contributed by atoms with van der Waals surface area (Å²) in [5, 5.41) is 6.39. The van der Waals surface area contributed by atoms with E-state index in [-0.39, 0.29) is 10.8 Å². The number of carbonyl (C=O) groups excluding carboxylic acids is 1. The van der Waals surface area contributed by atoms with E-state index in [2.05, 4.69) is 22.2 Å². The molecule has 0 radical (unpaired) electrons. The van der Waals surface area contributed by atoms with Crippen LogP contribution in [0.3, 0.4) is 0 Å². The predicted octanol–water partition coefficient (Wildman–Crippen LogP) is 3.14. The lowest BCUT2D eigenvalue weighted by molar-refractivity contribution is -0.114. The number of sulfonamides is 1. The monoisotopic (exact) mass is 389 g/mol. The number of carbonyl (C=O) groups is 1. The lowest BCUT2D eigenvalue weighted by atomic mass is 10.2. The zero-order valence-corrected chi connectivity index (χ0v) is 16.1. The maximum absolute atomic E-state index is 12.3. The molecule has 2 aromatic rings. The molecule has 0 atom stereocenters. The molecule has 0 aliphatic heterocycles. The van der Waals surface area contributed by atoms with Crippen LogP contribution in [0, 0.1) is 0 Å². The molecule has 0 aliphatic carbocycles. The third kappa shape index (κ3) is 6.74. The first kappa shape index (κ1) is 20.4. The molecule has 27 heavy (non-hydrogen) atoms.